The molecule has 0 amide bonds. The Morgan fingerprint density at radius 1 is 1.36 bits per heavy atom. The van der Waals surface area contributed by atoms with Crippen LogP contribution in [0.3, 0.4) is 0 Å². The minimum atomic E-state index is -0.166. The van der Waals surface area contributed by atoms with E-state index >= 15 is 0 Å². The summed E-state index contributed by atoms with van der Waals surface area (Å²) in [6.07, 6.45) is 2.07. The number of hydrogen-bond donors (Lipinski definition) is 0. The normalized spacial score (nSPS) is 30.4. The first kappa shape index (κ1) is 11.7. The summed E-state index contributed by atoms with van der Waals surface area (Å²) in [6.45, 7) is 9.35. The summed E-state index contributed by atoms with van der Waals surface area (Å²) in [5.41, 5.74) is -0.166. The van der Waals surface area contributed by atoms with Gasteiger partial charge in [0.05, 0.1) is 0 Å². The van der Waals surface area contributed by atoms with E-state index in [1.165, 1.54) is 0 Å². The van der Waals surface area contributed by atoms with Gasteiger partial charge in [-0.3, -0.25) is 4.79 Å². The van der Waals surface area contributed by atoms with Crippen LogP contribution in [0.4, 0.5) is 0 Å². The van der Waals surface area contributed by atoms with Crippen LogP contribution >= 0.6 is 0 Å². The Morgan fingerprint density at radius 3 is 2.36 bits per heavy atom. The zero-order valence-corrected chi connectivity index (χ0v) is 10.1. The third-order valence-corrected chi connectivity index (χ3v) is 3.32. The van der Waals surface area contributed by atoms with E-state index in [2.05, 4.69) is 18.9 Å². The smallest absolute Gasteiger partial charge is 0.141 e. The lowest BCUT2D eigenvalue weighted by molar-refractivity contribution is -0.132. The second-order valence-electron chi connectivity index (χ2n) is 5.67. The number of piperidine rings is 1. The van der Waals surface area contributed by atoms with Crippen LogP contribution in [0, 0.1) is 11.3 Å². The molecule has 0 aliphatic carbocycles. The molecule has 0 saturated carbocycles. The number of Topliss-reactive ketones (excluding diaryl/α,β-unsaturated/α-hetero) is 1. The first-order valence-electron chi connectivity index (χ1n) is 5.57. The molecule has 1 heterocycles. The van der Waals surface area contributed by atoms with Crippen molar-refractivity contribution in [3.63, 3.8) is 0 Å². The highest BCUT2D eigenvalue weighted by Gasteiger charge is 2.33. The lowest BCUT2D eigenvalue weighted by atomic mass is 9.77. The molecule has 0 N–H and O–H groups in total. The Balaban J connectivity index is 2.59. The summed E-state index contributed by atoms with van der Waals surface area (Å²) < 4.78 is 0. The molecule has 1 aliphatic heterocycles. The fourth-order valence-electron chi connectivity index (χ4n) is 2.14. The molecule has 1 saturated heterocycles. The van der Waals surface area contributed by atoms with Gasteiger partial charge < -0.3 is 4.90 Å². The van der Waals surface area contributed by atoms with Gasteiger partial charge in [0, 0.05) is 17.4 Å². The fourth-order valence-corrected chi connectivity index (χ4v) is 2.14. The van der Waals surface area contributed by atoms with Gasteiger partial charge in [-0.1, -0.05) is 20.8 Å². The first-order valence-corrected chi connectivity index (χ1v) is 5.57. The molecule has 82 valence electrons. The van der Waals surface area contributed by atoms with Gasteiger partial charge in [-0.05, 0) is 33.4 Å². The van der Waals surface area contributed by atoms with Crippen molar-refractivity contribution in [3.8, 4) is 0 Å². The Labute approximate surface area is 87.7 Å². The molecule has 2 atom stereocenters. The van der Waals surface area contributed by atoms with E-state index in [1.807, 2.05) is 20.8 Å². The third-order valence-electron chi connectivity index (χ3n) is 3.32. The SMILES string of the molecule is C[C@H]1CC(C(=O)C(C)(C)C)CCN1C. The zero-order chi connectivity index (χ0) is 10.9. The van der Waals surface area contributed by atoms with Crippen molar-refractivity contribution in [1.29, 1.82) is 0 Å². The molecule has 2 nitrogen and oxygen atoms in total. The van der Waals surface area contributed by atoms with Gasteiger partial charge in [0.15, 0.2) is 0 Å². The third kappa shape index (κ3) is 2.57. The van der Waals surface area contributed by atoms with Crippen molar-refractivity contribution in [3.05, 3.63) is 0 Å². The van der Waals surface area contributed by atoms with Crippen LogP contribution < -0.4 is 0 Å². The van der Waals surface area contributed by atoms with E-state index in [1.54, 1.807) is 0 Å². The lowest BCUT2D eigenvalue weighted by Gasteiger charge is -2.36. The van der Waals surface area contributed by atoms with E-state index in [-0.39, 0.29) is 5.41 Å². The number of nitrogens with zero attached hydrogens (tertiary/aromatic N) is 1. The molecule has 1 unspecified atom stereocenters. The fraction of sp³-hybridized carbons (Fsp3) is 0.917. The highest BCUT2D eigenvalue weighted by molar-refractivity contribution is 5.86. The topological polar surface area (TPSA) is 20.3 Å². The maximum Gasteiger partial charge on any atom is 0.141 e. The van der Waals surface area contributed by atoms with Gasteiger partial charge in [0.1, 0.15) is 5.78 Å². The van der Waals surface area contributed by atoms with Crippen LogP contribution in [-0.2, 0) is 4.79 Å². The summed E-state index contributed by atoms with van der Waals surface area (Å²) in [7, 11) is 2.14. The highest BCUT2D eigenvalue weighted by atomic mass is 16.1. The van der Waals surface area contributed by atoms with E-state index < -0.39 is 0 Å². The highest BCUT2D eigenvalue weighted by Crippen LogP contribution is 2.29. The number of ketones is 1. The van der Waals surface area contributed by atoms with Crippen molar-refractivity contribution in [2.75, 3.05) is 13.6 Å². The molecule has 0 aromatic carbocycles. The molecule has 0 bridgehead atoms. The summed E-state index contributed by atoms with van der Waals surface area (Å²) >= 11 is 0. The van der Waals surface area contributed by atoms with Crippen molar-refractivity contribution < 1.29 is 4.79 Å². The van der Waals surface area contributed by atoms with Gasteiger partial charge in [-0.15, -0.1) is 0 Å². The maximum absolute atomic E-state index is 12.1. The predicted molar refractivity (Wildman–Crippen MR) is 59.3 cm³/mol. The van der Waals surface area contributed by atoms with Crippen LogP contribution in [0.15, 0.2) is 0 Å². The molecule has 0 radical (unpaired) electrons. The van der Waals surface area contributed by atoms with Gasteiger partial charge >= 0.3 is 0 Å². The van der Waals surface area contributed by atoms with E-state index in [9.17, 15) is 4.79 Å². The Morgan fingerprint density at radius 2 is 1.93 bits per heavy atom. The monoisotopic (exact) mass is 197 g/mol. The number of carbonyl (C=O) groups excluding carboxylic acids is 1. The predicted octanol–water partition coefficient (Wildman–Crippen LogP) is 2.33. The van der Waals surface area contributed by atoms with Gasteiger partial charge in [0.25, 0.3) is 0 Å². The summed E-state index contributed by atoms with van der Waals surface area (Å²) in [5, 5.41) is 0. The minimum Gasteiger partial charge on any atom is -0.304 e. The van der Waals surface area contributed by atoms with Gasteiger partial charge in [-0.25, -0.2) is 0 Å². The molecular weight excluding hydrogens is 174 g/mol. The Hall–Kier alpha value is -0.370. The molecule has 14 heavy (non-hydrogen) atoms. The zero-order valence-electron chi connectivity index (χ0n) is 10.1. The molecule has 0 aromatic rings. The van der Waals surface area contributed by atoms with Crippen LogP contribution in [0.2, 0.25) is 0 Å². The number of hydrogen-bond acceptors (Lipinski definition) is 2. The molecule has 1 rings (SSSR count). The van der Waals surface area contributed by atoms with Crippen molar-refractivity contribution in [2.45, 2.75) is 46.6 Å². The van der Waals surface area contributed by atoms with Crippen LogP contribution in [0.1, 0.15) is 40.5 Å². The number of rotatable bonds is 1. The van der Waals surface area contributed by atoms with Crippen molar-refractivity contribution in [1.82, 2.24) is 4.90 Å². The average Bonchev–Trinajstić information content (AvgIpc) is 2.07. The number of likely N-dealkylation sites (tertiary alicyclic amines) is 1. The van der Waals surface area contributed by atoms with Crippen LogP contribution in [0.5, 0.6) is 0 Å². The average molecular weight is 197 g/mol. The molecule has 0 spiro atoms. The van der Waals surface area contributed by atoms with Gasteiger partial charge in [0.2, 0.25) is 0 Å². The van der Waals surface area contributed by atoms with E-state index in [4.69, 9.17) is 0 Å². The quantitative estimate of drug-likeness (QED) is 0.643. The minimum absolute atomic E-state index is 0.166. The maximum atomic E-state index is 12.1. The Kier molecular flexibility index (Phi) is 3.36. The first-order chi connectivity index (χ1) is 6.32. The van der Waals surface area contributed by atoms with Crippen LogP contribution in [-0.4, -0.2) is 30.3 Å². The lowest BCUT2D eigenvalue weighted by Crippen LogP contribution is -2.42. The molecule has 0 aromatic heterocycles. The van der Waals surface area contributed by atoms with Crippen molar-refractivity contribution >= 4 is 5.78 Å². The van der Waals surface area contributed by atoms with E-state index in [0.29, 0.717) is 17.7 Å². The molecule has 1 aliphatic rings. The Bertz CT molecular complexity index is 217. The second-order valence-corrected chi connectivity index (χ2v) is 5.67. The summed E-state index contributed by atoms with van der Waals surface area (Å²) in [4.78, 5) is 14.4. The summed E-state index contributed by atoms with van der Waals surface area (Å²) in [6, 6.07) is 0.556. The van der Waals surface area contributed by atoms with Crippen LogP contribution in [0.25, 0.3) is 0 Å². The van der Waals surface area contributed by atoms with Crippen molar-refractivity contribution in [2.24, 2.45) is 11.3 Å². The van der Waals surface area contributed by atoms with E-state index in [0.717, 1.165) is 19.4 Å². The largest absolute Gasteiger partial charge is 0.304 e. The van der Waals surface area contributed by atoms with Gasteiger partial charge in [-0.2, -0.15) is 0 Å². The summed E-state index contributed by atoms with van der Waals surface area (Å²) in [5.74, 6) is 0.735. The second kappa shape index (κ2) is 4.01. The molecule has 1 fully saturated rings. The molecule has 2 heteroatoms. The number of carbonyl (C=O) groups is 1. The standard InChI is InChI=1S/C12H23NO/c1-9-8-10(6-7-13(9)5)11(14)12(2,3)4/h9-10H,6-8H2,1-5H3/t9-,10?/m0/s1. The molecular formula is C12H23NO.